The number of benzene rings is 2. The van der Waals surface area contributed by atoms with Gasteiger partial charge in [-0.25, -0.2) is 4.98 Å². The first-order valence-corrected chi connectivity index (χ1v) is 6.71. The molecule has 0 saturated heterocycles. The zero-order valence-electron chi connectivity index (χ0n) is 11.9. The third-order valence-electron chi connectivity index (χ3n) is 3.43. The SMILES string of the molecule is CNC(=O)c1ccc(-c2nc3c(C(N)=O)cccc3[nH]2)cc1. The van der Waals surface area contributed by atoms with Crippen LogP contribution in [0.5, 0.6) is 0 Å². The molecule has 0 aliphatic heterocycles. The molecule has 0 radical (unpaired) electrons. The number of aromatic amines is 1. The Kier molecular flexibility index (Phi) is 3.34. The highest BCUT2D eigenvalue weighted by Gasteiger charge is 2.12. The van der Waals surface area contributed by atoms with E-state index in [-0.39, 0.29) is 5.91 Å². The number of amides is 2. The van der Waals surface area contributed by atoms with Crippen molar-refractivity contribution in [2.45, 2.75) is 0 Å². The molecule has 2 aromatic carbocycles. The first kappa shape index (κ1) is 13.8. The lowest BCUT2D eigenvalue weighted by atomic mass is 10.1. The summed E-state index contributed by atoms with van der Waals surface area (Å²) >= 11 is 0. The minimum Gasteiger partial charge on any atom is -0.366 e. The van der Waals surface area contributed by atoms with E-state index in [0.29, 0.717) is 22.5 Å². The fourth-order valence-electron chi connectivity index (χ4n) is 2.29. The average Bonchev–Trinajstić information content (AvgIpc) is 2.98. The molecule has 3 aromatic rings. The van der Waals surface area contributed by atoms with Gasteiger partial charge in [-0.3, -0.25) is 9.59 Å². The number of carbonyl (C=O) groups excluding carboxylic acids is 2. The van der Waals surface area contributed by atoms with E-state index in [2.05, 4.69) is 15.3 Å². The van der Waals surface area contributed by atoms with Gasteiger partial charge >= 0.3 is 0 Å². The molecule has 0 fully saturated rings. The summed E-state index contributed by atoms with van der Waals surface area (Å²) < 4.78 is 0. The summed E-state index contributed by atoms with van der Waals surface area (Å²) in [5.41, 5.74) is 8.40. The molecule has 0 spiro atoms. The molecule has 22 heavy (non-hydrogen) atoms. The molecule has 0 aliphatic carbocycles. The molecule has 0 bridgehead atoms. The summed E-state index contributed by atoms with van der Waals surface area (Å²) in [6, 6.07) is 12.3. The van der Waals surface area contributed by atoms with Crippen molar-refractivity contribution in [3.63, 3.8) is 0 Å². The maximum absolute atomic E-state index is 11.5. The number of para-hydroxylation sites is 1. The molecule has 6 nitrogen and oxygen atoms in total. The Hall–Kier alpha value is -3.15. The number of nitrogens with one attached hydrogen (secondary N) is 2. The molecule has 0 atom stereocenters. The predicted molar refractivity (Wildman–Crippen MR) is 83.4 cm³/mol. The van der Waals surface area contributed by atoms with E-state index < -0.39 is 5.91 Å². The lowest BCUT2D eigenvalue weighted by molar-refractivity contribution is 0.0961. The summed E-state index contributed by atoms with van der Waals surface area (Å²) in [6.45, 7) is 0. The number of hydrogen-bond donors (Lipinski definition) is 3. The van der Waals surface area contributed by atoms with Crippen molar-refractivity contribution >= 4 is 22.8 Å². The zero-order chi connectivity index (χ0) is 15.7. The van der Waals surface area contributed by atoms with Crippen molar-refractivity contribution in [2.75, 3.05) is 7.05 Å². The van der Waals surface area contributed by atoms with Gasteiger partial charge in [-0.15, -0.1) is 0 Å². The third-order valence-corrected chi connectivity index (χ3v) is 3.43. The Balaban J connectivity index is 2.05. The molecule has 4 N–H and O–H groups in total. The van der Waals surface area contributed by atoms with Crippen molar-refractivity contribution in [1.82, 2.24) is 15.3 Å². The van der Waals surface area contributed by atoms with E-state index in [1.165, 1.54) is 0 Å². The lowest BCUT2D eigenvalue weighted by Crippen LogP contribution is -2.17. The van der Waals surface area contributed by atoms with Gasteiger partial charge in [0, 0.05) is 18.2 Å². The number of aromatic nitrogens is 2. The molecule has 1 heterocycles. The summed E-state index contributed by atoms with van der Waals surface area (Å²) in [5.74, 6) is -0.0436. The Morgan fingerprint density at radius 1 is 1.14 bits per heavy atom. The zero-order valence-corrected chi connectivity index (χ0v) is 11.9. The summed E-state index contributed by atoms with van der Waals surface area (Å²) in [6.07, 6.45) is 0. The minimum atomic E-state index is -0.515. The van der Waals surface area contributed by atoms with Crippen LogP contribution in [0.1, 0.15) is 20.7 Å². The van der Waals surface area contributed by atoms with E-state index >= 15 is 0 Å². The van der Waals surface area contributed by atoms with Crippen LogP contribution in [0.2, 0.25) is 0 Å². The summed E-state index contributed by atoms with van der Waals surface area (Å²) in [5, 5.41) is 2.57. The quantitative estimate of drug-likeness (QED) is 0.685. The first-order chi connectivity index (χ1) is 10.6. The largest absolute Gasteiger partial charge is 0.366 e. The second kappa shape index (κ2) is 5.33. The van der Waals surface area contributed by atoms with Crippen LogP contribution < -0.4 is 11.1 Å². The molecule has 110 valence electrons. The van der Waals surface area contributed by atoms with Gasteiger partial charge in [-0.1, -0.05) is 18.2 Å². The number of rotatable bonds is 3. The number of fused-ring (bicyclic) bond motifs is 1. The normalized spacial score (nSPS) is 10.6. The van der Waals surface area contributed by atoms with Gasteiger partial charge in [0.05, 0.1) is 11.1 Å². The van der Waals surface area contributed by atoms with Crippen LogP contribution >= 0.6 is 0 Å². The second-order valence-electron chi connectivity index (χ2n) is 4.81. The van der Waals surface area contributed by atoms with Crippen LogP contribution in [0.3, 0.4) is 0 Å². The Bertz CT molecular complexity index is 865. The summed E-state index contributed by atoms with van der Waals surface area (Å²) in [7, 11) is 1.58. The molecular formula is C16H14N4O2. The Morgan fingerprint density at radius 2 is 1.86 bits per heavy atom. The van der Waals surface area contributed by atoms with Crippen molar-refractivity contribution in [3.05, 3.63) is 53.6 Å². The molecule has 0 unspecified atom stereocenters. The summed E-state index contributed by atoms with van der Waals surface area (Å²) in [4.78, 5) is 30.6. The number of carbonyl (C=O) groups is 2. The fourth-order valence-corrected chi connectivity index (χ4v) is 2.29. The van der Waals surface area contributed by atoms with Crippen LogP contribution in [-0.4, -0.2) is 28.8 Å². The smallest absolute Gasteiger partial charge is 0.251 e. The van der Waals surface area contributed by atoms with Gasteiger partial charge in [0.1, 0.15) is 11.3 Å². The molecule has 1 aromatic heterocycles. The highest BCUT2D eigenvalue weighted by molar-refractivity contribution is 6.04. The number of imidazole rings is 1. The van der Waals surface area contributed by atoms with Gasteiger partial charge in [0.25, 0.3) is 11.8 Å². The van der Waals surface area contributed by atoms with Crippen molar-refractivity contribution in [1.29, 1.82) is 0 Å². The van der Waals surface area contributed by atoms with Gasteiger partial charge in [-0.2, -0.15) is 0 Å². The van der Waals surface area contributed by atoms with E-state index in [9.17, 15) is 9.59 Å². The first-order valence-electron chi connectivity index (χ1n) is 6.71. The second-order valence-corrected chi connectivity index (χ2v) is 4.81. The number of hydrogen-bond acceptors (Lipinski definition) is 3. The number of H-pyrrole nitrogens is 1. The average molecular weight is 294 g/mol. The van der Waals surface area contributed by atoms with E-state index in [4.69, 9.17) is 5.73 Å². The maximum Gasteiger partial charge on any atom is 0.251 e. The van der Waals surface area contributed by atoms with E-state index in [1.807, 2.05) is 6.07 Å². The molecular weight excluding hydrogens is 280 g/mol. The Labute approximate surface area is 126 Å². The number of nitrogens with zero attached hydrogens (tertiary/aromatic N) is 1. The number of primary amides is 1. The van der Waals surface area contributed by atoms with Crippen LogP contribution in [0.25, 0.3) is 22.4 Å². The van der Waals surface area contributed by atoms with E-state index in [0.717, 1.165) is 11.1 Å². The Morgan fingerprint density at radius 3 is 2.50 bits per heavy atom. The van der Waals surface area contributed by atoms with Crippen LogP contribution in [-0.2, 0) is 0 Å². The lowest BCUT2D eigenvalue weighted by Gasteiger charge is -2.00. The van der Waals surface area contributed by atoms with Gasteiger partial charge < -0.3 is 16.0 Å². The van der Waals surface area contributed by atoms with Gasteiger partial charge in [-0.05, 0) is 24.3 Å². The third kappa shape index (κ3) is 2.31. The van der Waals surface area contributed by atoms with Crippen molar-refractivity contribution in [3.8, 4) is 11.4 Å². The van der Waals surface area contributed by atoms with Crippen molar-refractivity contribution < 1.29 is 9.59 Å². The van der Waals surface area contributed by atoms with Crippen molar-refractivity contribution in [2.24, 2.45) is 5.73 Å². The monoisotopic (exact) mass is 294 g/mol. The molecule has 3 rings (SSSR count). The molecule has 2 amide bonds. The standard InChI is InChI=1S/C16H14N4O2/c1-18-16(22)10-7-5-9(6-8-10)15-19-12-4-2-3-11(14(17)21)13(12)20-15/h2-8H,1H3,(H2,17,21)(H,18,22)(H,19,20). The van der Waals surface area contributed by atoms with Crippen LogP contribution in [0.4, 0.5) is 0 Å². The van der Waals surface area contributed by atoms with Crippen LogP contribution in [0, 0.1) is 0 Å². The van der Waals surface area contributed by atoms with E-state index in [1.54, 1.807) is 43.4 Å². The molecule has 0 aliphatic rings. The predicted octanol–water partition coefficient (Wildman–Crippen LogP) is 1.69. The fraction of sp³-hybridized carbons (Fsp3) is 0.0625. The van der Waals surface area contributed by atoms with Gasteiger partial charge in [0.2, 0.25) is 0 Å². The number of nitrogens with two attached hydrogens (primary N) is 1. The maximum atomic E-state index is 11.5. The highest BCUT2D eigenvalue weighted by Crippen LogP contribution is 2.23. The molecule has 6 heteroatoms. The molecule has 0 saturated carbocycles. The topological polar surface area (TPSA) is 101 Å². The van der Waals surface area contributed by atoms with Crippen LogP contribution in [0.15, 0.2) is 42.5 Å². The van der Waals surface area contributed by atoms with Gasteiger partial charge in [0.15, 0.2) is 0 Å². The highest BCUT2D eigenvalue weighted by atomic mass is 16.1. The minimum absolute atomic E-state index is 0.146.